The van der Waals surface area contributed by atoms with Crippen molar-refractivity contribution < 1.29 is 14.3 Å². The highest BCUT2D eigenvalue weighted by atomic mass is 19.1. The Morgan fingerprint density at radius 1 is 1.43 bits per heavy atom. The van der Waals surface area contributed by atoms with Crippen molar-refractivity contribution in [1.82, 2.24) is 15.1 Å². The van der Waals surface area contributed by atoms with E-state index in [-0.39, 0.29) is 24.5 Å². The second-order valence-electron chi connectivity index (χ2n) is 5.43. The van der Waals surface area contributed by atoms with E-state index in [9.17, 15) is 9.18 Å². The maximum Gasteiger partial charge on any atom is 0.320 e. The molecule has 2 aromatic rings. The molecule has 1 aromatic heterocycles. The molecule has 1 heterocycles. The third-order valence-electron chi connectivity index (χ3n) is 3.35. The van der Waals surface area contributed by atoms with Crippen LogP contribution in [0.15, 0.2) is 30.3 Å². The van der Waals surface area contributed by atoms with E-state index in [4.69, 9.17) is 5.11 Å². The lowest BCUT2D eigenvalue weighted by Gasteiger charge is -2.12. The van der Waals surface area contributed by atoms with Crippen molar-refractivity contribution in [3.63, 3.8) is 0 Å². The topological polar surface area (TPSA) is 79.2 Å². The summed E-state index contributed by atoms with van der Waals surface area (Å²) in [6.07, 6.45) is 1.33. The summed E-state index contributed by atoms with van der Waals surface area (Å²) in [6, 6.07) is 7.39. The summed E-state index contributed by atoms with van der Waals surface area (Å²) in [5.74, 6) is 0.0426. The van der Waals surface area contributed by atoms with Gasteiger partial charge in [-0.05, 0) is 44.9 Å². The molecule has 2 rings (SSSR count). The number of aliphatic hydroxyl groups is 1. The van der Waals surface area contributed by atoms with Crippen LogP contribution in [0.2, 0.25) is 0 Å². The molecule has 0 aliphatic rings. The van der Waals surface area contributed by atoms with E-state index in [1.165, 1.54) is 12.1 Å². The summed E-state index contributed by atoms with van der Waals surface area (Å²) >= 11 is 0. The van der Waals surface area contributed by atoms with Gasteiger partial charge in [-0.1, -0.05) is 6.07 Å². The predicted octanol–water partition coefficient (Wildman–Crippen LogP) is 2.60. The van der Waals surface area contributed by atoms with Crippen LogP contribution in [0.25, 0.3) is 5.69 Å². The molecule has 6 nitrogen and oxygen atoms in total. The van der Waals surface area contributed by atoms with E-state index >= 15 is 0 Å². The van der Waals surface area contributed by atoms with Gasteiger partial charge in [0.25, 0.3) is 0 Å². The summed E-state index contributed by atoms with van der Waals surface area (Å²) in [6.45, 7) is 3.79. The summed E-state index contributed by atoms with van der Waals surface area (Å²) in [5, 5.41) is 18.5. The molecule has 0 radical (unpaired) electrons. The van der Waals surface area contributed by atoms with Crippen molar-refractivity contribution in [2.45, 2.75) is 32.7 Å². The number of carbonyl (C=O) groups excluding carboxylic acids is 1. The molecule has 0 saturated carbocycles. The van der Waals surface area contributed by atoms with Gasteiger partial charge in [0.05, 0.1) is 5.69 Å². The van der Waals surface area contributed by atoms with Crippen LogP contribution < -0.4 is 10.6 Å². The molecule has 23 heavy (non-hydrogen) atoms. The van der Waals surface area contributed by atoms with Crippen molar-refractivity contribution in [3.8, 4) is 5.69 Å². The molecule has 1 aromatic carbocycles. The van der Waals surface area contributed by atoms with Crippen molar-refractivity contribution in [3.05, 3.63) is 41.8 Å². The number of nitrogens with zero attached hydrogens (tertiary/aromatic N) is 2. The Labute approximate surface area is 134 Å². The summed E-state index contributed by atoms with van der Waals surface area (Å²) in [7, 11) is 0. The number of nitrogens with one attached hydrogen (secondary N) is 2. The van der Waals surface area contributed by atoms with Crippen LogP contribution in [0.5, 0.6) is 0 Å². The number of benzene rings is 1. The highest BCUT2D eigenvalue weighted by Gasteiger charge is 2.11. The Morgan fingerprint density at radius 2 is 2.22 bits per heavy atom. The minimum Gasteiger partial charge on any atom is -0.396 e. The molecule has 2 amide bonds. The molecule has 1 unspecified atom stereocenters. The average Bonchev–Trinajstić information content (AvgIpc) is 2.85. The minimum atomic E-state index is -0.362. The van der Waals surface area contributed by atoms with E-state index in [2.05, 4.69) is 15.7 Å². The normalized spacial score (nSPS) is 12.0. The number of aryl methyl sites for hydroxylation is 1. The largest absolute Gasteiger partial charge is 0.396 e. The number of aliphatic hydroxyl groups excluding tert-OH is 1. The van der Waals surface area contributed by atoms with Crippen LogP contribution in [-0.2, 0) is 0 Å². The van der Waals surface area contributed by atoms with Crippen LogP contribution in [0.4, 0.5) is 15.0 Å². The van der Waals surface area contributed by atoms with Gasteiger partial charge in [0, 0.05) is 24.4 Å². The van der Waals surface area contributed by atoms with Gasteiger partial charge in [0.2, 0.25) is 0 Å². The fraction of sp³-hybridized carbons (Fsp3) is 0.375. The van der Waals surface area contributed by atoms with Gasteiger partial charge in [-0.3, -0.25) is 5.32 Å². The molecule has 0 spiro atoms. The molecule has 0 bridgehead atoms. The van der Waals surface area contributed by atoms with Crippen molar-refractivity contribution in [1.29, 1.82) is 0 Å². The van der Waals surface area contributed by atoms with E-state index in [0.717, 1.165) is 5.69 Å². The minimum absolute atomic E-state index is 0.0476. The number of halogens is 1. The fourth-order valence-corrected chi connectivity index (χ4v) is 2.25. The van der Waals surface area contributed by atoms with Crippen molar-refractivity contribution >= 4 is 11.8 Å². The average molecular weight is 320 g/mol. The first-order valence-electron chi connectivity index (χ1n) is 7.50. The first kappa shape index (κ1) is 17.0. The summed E-state index contributed by atoms with van der Waals surface area (Å²) in [5.41, 5.74) is 1.37. The Balaban J connectivity index is 2.02. The zero-order valence-corrected chi connectivity index (χ0v) is 13.2. The Morgan fingerprint density at radius 3 is 2.91 bits per heavy atom. The van der Waals surface area contributed by atoms with Gasteiger partial charge in [0.1, 0.15) is 5.82 Å². The molecule has 0 fully saturated rings. The summed E-state index contributed by atoms with van der Waals surface area (Å²) in [4.78, 5) is 11.9. The number of urea groups is 1. The second-order valence-corrected chi connectivity index (χ2v) is 5.43. The Hall–Kier alpha value is -2.41. The lowest BCUT2D eigenvalue weighted by molar-refractivity contribution is 0.245. The molecule has 3 N–H and O–H groups in total. The van der Waals surface area contributed by atoms with Gasteiger partial charge in [0.15, 0.2) is 5.82 Å². The monoisotopic (exact) mass is 320 g/mol. The third kappa shape index (κ3) is 4.79. The molecule has 0 aliphatic carbocycles. The van der Waals surface area contributed by atoms with E-state index in [0.29, 0.717) is 24.3 Å². The fourth-order valence-electron chi connectivity index (χ4n) is 2.25. The lowest BCUT2D eigenvalue weighted by Crippen LogP contribution is -2.36. The molecular weight excluding hydrogens is 299 g/mol. The maximum atomic E-state index is 13.3. The number of amides is 2. The molecular formula is C16H21FN4O2. The quantitative estimate of drug-likeness (QED) is 0.765. The van der Waals surface area contributed by atoms with E-state index in [1.807, 2.05) is 13.8 Å². The number of hydrogen-bond acceptors (Lipinski definition) is 3. The smallest absolute Gasteiger partial charge is 0.320 e. The van der Waals surface area contributed by atoms with Gasteiger partial charge in [-0.25, -0.2) is 13.9 Å². The van der Waals surface area contributed by atoms with Crippen LogP contribution in [-0.4, -0.2) is 33.6 Å². The first-order valence-corrected chi connectivity index (χ1v) is 7.50. The standard InChI is InChI=1S/C16H21FN4O2/c1-11(5-4-8-22)18-16(23)19-15-9-12(2)21(20-15)14-7-3-6-13(17)10-14/h3,6-7,9-11,22H,4-5,8H2,1-2H3,(H2,18,19,20,23). The van der Waals surface area contributed by atoms with Gasteiger partial charge in [-0.2, -0.15) is 0 Å². The van der Waals surface area contributed by atoms with Crippen LogP contribution in [0.3, 0.4) is 0 Å². The maximum absolute atomic E-state index is 13.3. The predicted molar refractivity (Wildman–Crippen MR) is 86.2 cm³/mol. The zero-order valence-electron chi connectivity index (χ0n) is 13.2. The number of aromatic nitrogens is 2. The van der Waals surface area contributed by atoms with Gasteiger partial charge < -0.3 is 10.4 Å². The third-order valence-corrected chi connectivity index (χ3v) is 3.35. The Bertz CT molecular complexity index is 672. The molecule has 1 atom stereocenters. The zero-order chi connectivity index (χ0) is 16.8. The highest BCUT2D eigenvalue weighted by Crippen LogP contribution is 2.15. The lowest BCUT2D eigenvalue weighted by atomic mass is 10.2. The van der Waals surface area contributed by atoms with Gasteiger partial charge >= 0.3 is 6.03 Å². The van der Waals surface area contributed by atoms with E-state index in [1.54, 1.807) is 22.9 Å². The number of rotatable bonds is 6. The SMILES string of the molecule is Cc1cc(NC(=O)NC(C)CCCO)nn1-c1cccc(F)c1. The van der Waals surface area contributed by atoms with Crippen molar-refractivity contribution in [2.24, 2.45) is 0 Å². The van der Waals surface area contributed by atoms with Crippen LogP contribution >= 0.6 is 0 Å². The second kappa shape index (κ2) is 7.73. The molecule has 7 heteroatoms. The van der Waals surface area contributed by atoms with E-state index < -0.39 is 0 Å². The number of hydrogen-bond donors (Lipinski definition) is 3. The summed E-state index contributed by atoms with van der Waals surface area (Å²) < 4.78 is 14.9. The highest BCUT2D eigenvalue weighted by molar-refractivity contribution is 5.88. The van der Waals surface area contributed by atoms with Crippen LogP contribution in [0.1, 0.15) is 25.5 Å². The van der Waals surface area contributed by atoms with Gasteiger partial charge in [-0.15, -0.1) is 5.10 Å². The number of anilines is 1. The Kier molecular flexibility index (Phi) is 5.70. The molecule has 124 valence electrons. The number of carbonyl (C=O) groups is 1. The van der Waals surface area contributed by atoms with Crippen LogP contribution in [0, 0.1) is 12.7 Å². The molecule has 0 saturated heterocycles. The first-order chi connectivity index (χ1) is 11.0. The van der Waals surface area contributed by atoms with Crippen molar-refractivity contribution in [2.75, 3.05) is 11.9 Å². The molecule has 0 aliphatic heterocycles.